The number of urea groups is 1. The zero-order valence-corrected chi connectivity index (χ0v) is 14.6. The average molecular weight is 363 g/mol. The van der Waals surface area contributed by atoms with Crippen molar-refractivity contribution in [3.05, 3.63) is 24.0 Å². The number of likely N-dealkylation sites (tertiary alicyclic amines) is 1. The molecule has 0 aliphatic carbocycles. The Kier molecular flexibility index (Phi) is 5.11. The molecule has 2 fully saturated rings. The number of carboxylic acids is 1. The van der Waals surface area contributed by atoms with Gasteiger partial charge >= 0.3 is 12.0 Å². The van der Waals surface area contributed by atoms with Crippen LogP contribution >= 0.6 is 0 Å². The van der Waals surface area contributed by atoms with Crippen LogP contribution < -0.4 is 10.2 Å². The molecule has 3 amide bonds. The van der Waals surface area contributed by atoms with Gasteiger partial charge in [0, 0.05) is 31.7 Å². The Labute approximate surface area is 150 Å². The maximum Gasteiger partial charge on any atom is 0.321 e. The van der Waals surface area contributed by atoms with Crippen LogP contribution in [0.2, 0.25) is 0 Å². The van der Waals surface area contributed by atoms with Gasteiger partial charge in [0.25, 0.3) is 0 Å². The first kappa shape index (κ1) is 18.2. The van der Waals surface area contributed by atoms with Crippen LogP contribution in [0.15, 0.2) is 18.2 Å². The highest BCUT2D eigenvalue weighted by molar-refractivity contribution is 5.96. The molecular weight excluding hydrogens is 341 g/mol. The van der Waals surface area contributed by atoms with E-state index in [1.165, 1.54) is 21.9 Å². The number of carboxylic acid groups (broad SMARTS) is 1. The molecule has 0 bridgehead atoms. The number of aliphatic carboxylic acids is 1. The molecule has 2 unspecified atom stereocenters. The second-order valence-electron chi connectivity index (χ2n) is 7.03. The van der Waals surface area contributed by atoms with Gasteiger partial charge in [0.15, 0.2) is 0 Å². The van der Waals surface area contributed by atoms with Crippen molar-refractivity contribution in [3.8, 4) is 0 Å². The summed E-state index contributed by atoms with van der Waals surface area (Å²) in [5.74, 6) is -2.11. The van der Waals surface area contributed by atoms with Crippen LogP contribution in [0.3, 0.4) is 0 Å². The first-order valence-electron chi connectivity index (χ1n) is 8.74. The summed E-state index contributed by atoms with van der Waals surface area (Å²) in [5.41, 5.74) is 0.482. The van der Waals surface area contributed by atoms with Crippen LogP contribution in [0.4, 0.5) is 20.6 Å². The van der Waals surface area contributed by atoms with Gasteiger partial charge in [-0.2, -0.15) is 0 Å². The van der Waals surface area contributed by atoms with E-state index in [1.807, 2.05) is 6.92 Å². The number of amides is 3. The van der Waals surface area contributed by atoms with Crippen molar-refractivity contribution >= 4 is 29.3 Å². The second-order valence-corrected chi connectivity index (χ2v) is 7.03. The van der Waals surface area contributed by atoms with Crippen molar-refractivity contribution in [2.24, 2.45) is 11.8 Å². The average Bonchev–Trinajstić information content (AvgIpc) is 3.00. The first-order chi connectivity index (χ1) is 12.3. The topological polar surface area (TPSA) is 89.9 Å². The predicted molar refractivity (Wildman–Crippen MR) is 93.5 cm³/mol. The molecule has 2 heterocycles. The number of rotatable bonds is 3. The Morgan fingerprint density at radius 1 is 1.31 bits per heavy atom. The standard InChI is InChI=1S/C18H22FN3O4/c1-11-7-12(17(24)25)10-21(9-11)18(26)20-13-4-5-15(14(19)8-13)22-6-2-3-16(22)23/h4-5,8,11-12H,2-3,6-7,9-10H2,1H3,(H,20,26)(H,24,25). The number of carbonyl (C=O) groups is 3. The van der Waals surface area contributed by atoms with Gasteiger partial charge in [-0.3, -0.25) is 9.59 Å². The molecule has 0 saturated carbocycles. The monoisotopic (exact) mass is 363 g/mol. The molecule has 7 nitrogen and oxygen atoms in total. The van der Waals surface area contributed by atoms with Crippen LogP contribution in [0.5, 0.6) is 0 Å². The predicted octanol–water partition coefficient (Wildman–Crippen LogP) is 2.53. The van der Waals surface area contributed by atoms with Crippen molar-refractivity contribution in [2.45, 2.75) is 26.2 Å². The molecule has 140 valence electrons. The van der Waals surface area contributed by atoms with E-state index in [9.17, 15) is 23.9 Å². The van der Waals surface area contributed by atoms with Crippen LogP contribution in [-0.2, 0) is 9.59 Å². The molecule has 0 spiro atoms. The molecule has 0 radical (unpaired) electrons. The van der Waals surface area contributed by atoms with Crippen LogP contribution in [-0.4, -0.2) is 47.5 Å². The molecule has 1 aromatic carbocycles. The highest BCUT2D eigenvalue weighted by Gasteiger charge is 2.32. The Morgan fingerprint density at radius 2 is 2.08 bits per heavy atom. The summed E-state index contributed by atoms with van der Waals surface area (Å²) in [5, 5.41) is 11.8. The maximum atomic E-state index is 14.4. The number of benzene rings is 1. The van der Waals surface area contributed by atoms with E-state index in [1.54, 1.807) is 6.07 Å². The van der Waals surface area contributed by atoms with Gasteiger partial charge in [-0.25, -0.2) is 9.18 Å². The number of hydrogen-bond donors (Lipinski definition) is 2. The highest BCUT2D eigenvalue weighted by Crippen LogP contribution is 2.27. The maximum absolute atomic E-state index is 14.4. The molecule has 2 saturated heterocycles. The summed E-state index contributed by atoms with van der Waals surface area (Å²) in [6.45, 7) is 2.98. The van der Waals surface area contributed by atoms with Gasteiger partial charge < -0.3 is 20.2 Å². The third-order valence-corrected chi connectivity index (χ3v) is 4.86. The SMILES string of the molecule is CC1CC(C(=O)O)CN(C(=O)Nc2ccc(N3CCCC3=O)c(F)c2)C1. The van der Waals surface area contributed by atoms with E-state index in [0.717, 1.165) is 0 Å². The number of nitrogens with zero attached hydrogens (tertiary/aromatic N) is 2. The summed E-state index contributed by atoms with van der Waals surface area (Å²) in [6, 6.07) is 3.75. The zero-order valence-electron chi connectivity index (χ0n) is 14.6. The number of hydrogen-bond acceptors (Lipinski definition) is 3. The molecule has 26 heavy (non-hydrogen) atoms. The Morgan fingerprint density at radius 3 is 2.69 bits per heavy atom. The fourth-order valence-corrected chi connectivity index (χ4v) is 3.61. The third kappa shape index (κ3) is 3.79. The lowest BCUT2D eigenvalue weighted by Crippen LogP contribution is -2.47. The number of halogens is 1. The minimum atomic E-state index is -0.917. The fourth-order valence-electron chi connectivity index (χ4n) is 3.61. The van der Waals surface area contributed by atoms with Crippen LogP contribution in [0.1, 0.15) is 26.2 Å². The van der Waals surface area contributed by atoms with E-state index >= 15 is 0 Å². The molecular formula is C18H22FN3O4. The van der Waals surface area contributed by atoms with Crippen LogP contribution in [0, 0.1) is 17.7 Å². The Balaban J connectivity index is 1.68. The van der Waals surface area contributed by atoms with E-state index in [0.29, 0.717) is 32.4 Å². The lowest BCUT2D eigenvalue weighted by molar-refractivity contribution is -0.143. The summed E-state index contributed by atoms with van der Waals surface area (Å²) in [4.78, 5) is 38.2. The third-order valence-electron chi connectivity index (χ3n) is 4.86. The summed E-state index contributed by atoms with van der Waals surface area (Å²) < 4.78 is 14.4. The number of piperidine rings is 1. The van der Waals surface area contributed by atoms with Crippen LogP contribution in [0.25, 0.3) is 0 Å². The van der Waals surface area contributed by atoms with Gasteiger partial charge in [-0.15, -0.1) is 0 Å². The molecule has 2 N–H and O–H groups in total. The minimum Gasteiger partial charge on any atom is -0.481 e. The van der Waals surface area contributed by atoms with Gasteiger partial charge in [0.05, 0.1) is 11.6 Å². The molecule has 8 heteroatoms. The van der Waals surface area contributed by atoms with Gasteiger partial charge in [0.1, 0.15) is 5.82 Å². The van der Waals surface area contributed by atoms with Crippen molar-refractivity contribution in [1.82, 2.24) is 4.90 Å². The highest BCUT2D eigenvalue weighted by atomic mass is 19.1. The van der Waals surface area contributed by atoms with E-state index < -0.39 is 23.7 Å². The normalized spacial score (nSPS) is 23.2. The number of anilines is 2. The second kappa shape index (κ2) is 7.31. The van der Waals surface area contributed by atoms with Gasteiger partial charge in [-0.1, -0.05) is 6.92 Å². The van der Waals surface area contributed by atoms with E-state index in [2.05, 4.69) is 5.32 Å². The zero-order chi connectivity index (χ0) is 18.8. The largest absolute Gasteiger partial charge is 0.481 e. The summed E-state index contributed by atoms with van der Waals surface area (Å²) in [6.07, 6.45) is 1.65. The molecule has 3 rings (SSSR count). The summed E-state index contributed by atoms with van der Waals surface area (Å²) in [7, 11) is 0. The van der Waals surface area contributed by atoms with Crippen molar-refractivity contribution in [3.63, 3.8) is 0 Å². The van der Waals surface area contributed by atoms with E-state index in [-0.39, 0.29) is 29.7 Å². The van der Waals surface area contributed by atoms with Crippen molar-refractivity contribution in [1.29, 1.82) is 0 Å². The number of carbonyl (C=O) groups excluding carboxylic acids is 2. The van der Waals surface area contributed by atoms with E-state index in [4.69, 9.17) is 0 Å². The fraction of sp³-hybridized carbons (Fsp3) is 0.500. The lowest BCUT2D eigenvalue weighted by Gasteiger charge is -2.34. The quantitative estimate of drug-likeness (QED) is 0.863. The Hall–Kier alpha value is -2.64. The number of nitrogens with one attached hydrogen (secondary N) is 1. The smallest absolute Gasteiger partial charge is 0.321 e. The lowest BCUT2D eigenvalue weighted by atomic mass is 9.91. The molecule has 2 aliphatic heterocycles. The van der Waals surface area contributed by atoms with Gasteiger partial charge in [0.2, 0.25) is 5.91 Å². The van der Waals surface area contributed by atoms with Gasteiger partial charge in [-0.05, 0) is 37.0 Å². The molecule has 1 aromatic rings. The Bertz CT molecular complexity index is 739. The minimum absolute atomic E-state index is 0.0795. The summed E-state index contributed by atoms with van der Waals surface area (Å²) >= 11 is 0. The molecule has 0 aromatic heterocycles. The van der Waals surface area contributed by atoms with Crippen molar-refractivity contribution < 1.29 is 23.9 Å². The molecule has 2 atom stereocenters. The van der Waals surface area contributed by atoms with Crippen molar-refractivity contribution in [2.75, 3.05) is 29.9 Å². The molecule has 2 aliphatic rings. The first-order valence-corrected chi connectivity index (χ1v) is 8.74.